The quantitative estimate of drug-likeness (QED) is 0.763. The summed E-state index contributed by atoms with van der Waals surface area (Å²) in [5.41, 5.74) is 3.83. The Kier molecular flexibility index (Phi) is 4.77. The van der Waals surface area contributed by atoms with Crippen LogP contribution in [0, 0.1) is 0 Å². The highest BCUT2D eigenvalue weighted by Crippen LogP contribution is 2.30. The van der Waals surface area contributed by atoms with Crippen LogP contribution in [0.15, 0.2) is 71.8 Å². The lowest BCUT2D eigenvalue weighted by Gasteiger charge is -2.38. The van der Waals surface area contributed by atoms with Crippen molar-refractivity contribution < 1.29 is 4.79 Å². The third-order valence-electron chi connectivity index (χ3n) is 4.89. The zero-order valence-corrected chi connectivity index (χ0v) is 14.4. The molecule has 1 aliphatic rings. The average Bonchev–Trinajstić information content (AvgIpc) is 2.62. The predicted octanol–water partition coefficient (Wildman–Crippen LogP) is 4.45. The predicted molar refractivity (Wildman–Crippen MR) is 101 cm³/mol. The van der Waals surface area contributed by atoms with E-state index < -0.39 is 0 Å². The summed E-state index contributed by atoms with van der Waals surface area (Å²) >= 11 is 0. The summed E-state index contributed by atoms with van der Waals surface area (Å²) < 4.78 is 0. The van der Waals surface area contributed by atoms with Crippen LogP contribution in [-0.4, -0.2) is 29.8 Å². The van der Waals surface area contributed by atoms with Crippen molar-refractivity contribution in [2.75, 3.05) is 7.05 Å². The number of nitrogens with zero attached hydrogens (tertiary/aromatic N) is 1. The number of piperidine rings is 1. The van der Waals surface area contributed by atoms with Crippen molar-refractivity contribution in [2.45, 2.75) is 25.9 Å². The van der Waals surface area contributed by atoms with Crippen LogP contribution in [0.1, 0.15) is 25.0 Å². The van der Waals surface area contributed by atoms with E-state index in [1.54, 1.807) is 0 Å². The van der Waals surface area contributed by atoms with Crippen molar-refractivity contribution in [1.82, 2.24) is 4.90 Å². The number of carbonyl (C=O) groups is 1. The Hall–Kier alpha value is -2.45. The van der Waals surface area contributed by atoms with Gasteiger partial charge in [0.1, 0.15) is 0 Å². The van der Waals surface area contributed by atoms with E-state index in [1.165, 1.54) is 0 Å². The molecule has 1 aliphatic heterocycles. The van der Waals surface area contributed by atoms with Crippen molar-refractivity contribution in [2.24, 2.45) is 0 Å². The van der Waals surface area contributed by atoms with Gasteiger partial charge in [0.25, 0.3) is 0 Å². The number of likely N-dealkylation sites (tertiary alicyclic amines) is 1. The SMILES string of the molecule is CC1/C(=C\c2ccccc2)C(=O)/C(=C/c2ccccc2)C(C)N1C. The van der Waals surface area contributed by atoms with Gasteiger partial charge in [-0.05, 0) is 44.2 Å². The standard InChI is InChI=1S/C22H23NO/c1-16-20(14-18-10-6-4-7-11-18)22(24)21(17(2)23(16)3)15-19-12-8-5-9-13-19/h4-17H,1-3H3/b20-14+,21-15+. The molecule has 2 aromatic carbocycles. The highest BCUT2D eigenvalue weighted by Gasteiger charge is 2.35. The van der Waals surface area contributed by atoms with Gasteiger partial charge in [-0.25, -0.2) is 0 Å². The Morgan fingerprint density at radius 3 is 1.50 bits per heavy atom. The second-order valence-electron chi connectivity index (χ2n) is 6.37. The molecule has 2 aromatic rings. The fourth-order valence-electron chi connectivity index (χ4n) is 3.15. The highest BCUT2D eigenvalue weighted by atomic mass is 16.1. The molecule has 0 radical (unpaired) electrons. The van der Waals surface area contributed by atoms with Crippen LogP contribution in [0.3, 0.4) is 0 Å². The molecule has 0 aliphatic carbocycles. The smallest absolute Gasteiger partial charge is 0.188 e. The normalized spacial score (nSPS) is 25.4. The van der Waals surface area contributed by atoms with E-state index in [-0.39, 0.29) is 17.9 Å². The first-order valence-electron chi connectivity index (χ1n) is 8.38. The van der Waals surface area contributed by atoms with Gasteiger partial charge in [-0.15, -0.1) is 0 Å². The van der Waals surface area contributed by atoms with Gasteiger partial charge < -0.3 is 0 Å². The van der Waals surface area contributed by atoms with Gasteiger partial charge >= 0.3 is 0 Å². The van der Waals surface area contributed by atoms with Gasteiger partial charge in [0.2, 0.25) is 0 Å². The zero-order chi connectivity index (χ0) is 17.1. The second-order valence-corrected chi connectivity index (χ2v) is 6.37. The van der Waals surface area contributed by atoms with Crippen LogP contribution < -0.4 is 0 Å². The number of carbonyl (C=O) groups excluding carboxylic acids is 1. The first kappa shape index (κ1) is 16.4. The molecular weight excluding hydrogens is 294 g/mol. The molecule has 0 bridgehead atoms. The van der Waals surface area contributed by atoms with Crippen LogP contribution in [0.2, 0.25) is 0 Å². The Balaban J connectivity index is 2.03. The minimum atomic E-state index is 0.0978. The fraction of sp³-hybridized carbons (Fsp3) is 0.227. The second kappa shape index (κ2) is 6.98. The van der Waals surface area contributed by atoms with Crippen LogP contribution in [0.5, 0.6) is 0 Å². The monoisotopic (exact) mass is 317 g/mol. The van der Waals surface area contributed by atoms with Crippen molar-refractivity contribution in [3.8, 4) is 0 Å². The maximum absolute atomic E-state index is 13.1. The summed E-state index contributed by atoms with van der Waals surface area (Å²) in [5.74, 6) is 0.154. The lowest BCUT2D eigenvalue weighted by atomic mass is 9.85. The average molecular weight is 317 g/mol. The summed E-state index contributed by atoms with van der Waals surface area (Å²) in [7, 11) is 2.08. The van der Waals surface area contributed by atoms with Gasteiger partial charge in [-0.1, -0.05) is 60.7 Å². The third kappa shape index (κ3) is 3.24. The molecule has 2 unspecified atom stereocenters. The molecule has 1 fully saturated rings. The Morgan fingerprint density at radius 1 is 0.750 bits per heavy atom. The molecule has 2 atom stereocenters. The molecule has 2 heteroatoms. The molecular formula is C22H23NO. The van der Waals surface area contributed by atoms with E-state index in [2.05, 4.69) is 25.8 Å². The summed E-state index contributed by atoms with van der Waals surface area (Å²) in [4.78, 5) is 15.4. The number of hydrogen-bond donors (Lipinski definition) is 0. The van der Waals surface area contributed by atoms with Gasteiger partial charge in [0.15, 0.2) is 5.78 Å². The molecule has 122 valence electrons. The molecule has 3 rings (SSSR count). The molecule has 24 heavy (non-hydrogen) atoms. The van der Waals surface area contributed by atoms with Gasteiger partial charge in [-0.2, -0.15) is 0 Å². The van der Waals surface area contributed by atoms with Crippen molar-refractivity contribution in [3.63, 3.8) is 0 Å². The maximum Gasteiger partial charge on any atom is 0.188 e. The zero-order valence-electron chi connectivity index (χ0n) is 14.4. The minimum Gasteiger partial charge on any atom is -0.293 e. The summed E-state index contributed by atoms with van der Waals surface area (Å²) in [6, 6.07) is 20.3. The van der Waals surface area contributed by atoms with Crippen LogP contribution in [0.25, 0.3) is 12.2 Å². The first-order valence-corrected chi connectivity index (χ1v) is 8.38. The first-order chi connectivity index (χ1) is 11.6. The maximum atomic E-state index is 13.1. The number of rotatable bonds is 2. The van der Waals surface area contributed by atoms with Crippen molar-refractivity contribution in [1.29, 1.82) is 0 Å². The topological polar surface area (TPSA) is 20.3 Å². The lowest BCUT2D eigenvalue weighted by Crippen LogP contribution is -2.47. The Bertz CT molecular complexity index is 709. The van der Waals surface area contributed by atoms with E-state index in [9.17, 15) is 4.79 Å². The van der Waals surface area contributed by atoms with E-state index >= 15 is 0 Å². The van der Waals surface area contributed by atoms with Crippen molar-refractivity contribution >= 4 is 17.9 Å². The van der Waals surface area contributed by atoms with Gasteiger partial charge in [0, 0.05) is 23.2 Å². The summed E-state index contributed by atoms with van der Waals surface area (Å²) in [5, 5.41) is 0. The molecule has 1 saturated heterocycles. The molecule has 0 spiro atoms. The van der Waals surface area contributed by atoms with Gasteiger partial charge in [0.05, 0.1) is 0 Å². The Labute approximate surface area is 144 Å². The van der Waals surface area contributed by atoms with Crippen LogP contribution in [-0.2, 0) is 4.79 Å². The molecule has 0 aromatic heterocycles. The summed E-state index contributed by atoms with van der Waals surface area (Å²) in [6.45, 7) is 4.20. The third-order valence-corrected chi connectivity index (χ3v) is 4.89. The molecule has 2 nitrogen and oxygen atoms in total. The van der Waals surface area contributed by atoms with Crippen LogP contribution in [0.4, 0.5) is 0 Å². The molecule has 0 amide bonds. The number of likely N-dealkylation sites (N-methyl/N-ethyl adjacent to an activating group) is 1. The van der Waals surface area contributed by atoms with E-state index in [0.717, 1.165) is 22.3 Å². The van der Waals surface area contributed by atoms with Crippen LogP contribution >= 0.6 is 0 Å². The Morgan fingerprint density at radius 2 is 1.12 bits per heavy atom. The number of Topliss-reactive ketones (excluding diaryl/α,β-unsaturated/α-hetero) is 1. The molecule has 0 N–H and O–H groups in total. The largest absolute Gasteiger partial charge is 0.293 e. The number of hydrogen-bond acceptors (Lipinski definition) is 2. The minimum absolute atomic E-state index is 0.0978. The van der Waals surface area contributed by atoms with Crippen molar-refractivity contribution in [3.05, 3.63) is 82.9 Å². The van der Waals surface area contributed by atoms with E-state index in [1.807, 2.05) is 72.8 Å². The number of benzene rings is 2. The molecule has 1 heterocycles. The van der Waals surface area contributed by atoms with E-state index in [4.69, 9.17) is 0 Å². The highest BCUT2D eigenvalue weighted by molar-refractivity contribution is 6.15. The number of ketones is 1. The van der Waals surface area contributed by atoms with Gasteiger partial charge in [-0.3, -0.25) is 9.69 Å². The van der Waals surface area contributed by atoms with E-state index in [0.29, 0.717) is 0 Å². The molecule has 0 saturated carbocycles. The fourth-order valence-corrected chi connectivity index (χ4v) is 3.15. The summed E-state index contributed by atoms with van der Waals surface area (Å²) in [6.07, 6.45) is 4.04. The lowest BCUT2D eigenvalue weighted by molar-refractivity contribution is -0.114.